The number of esters is 1. The molecule has 0 unspecified atom stereocenters. The zero-order valence-electron chi connectivity index (χ0n) is 10.9. The number of anilines is 1. The lowest BCUT2D eigenvalue weighted by Crippen LogP contribution is -2.23. The second kappa shape index (κ2) is 6.64. The Morgan fingerprint density at radius 3 is 2.63 bits per heavy atom. The second-order valence-electron chi connectivity index (χ2n) is 3.88. The van der Waals surface area contributed by atoms with E-state index >= 15 is 0 Å². The number of hydrogen-bond acceptors (Lipinski definition) is 7. The first-order valence-electron chi connectivity index (χ1n) is 5.66. The number of amides is 1. The summed E-state index contributed by atoms with van der Waals surface area (Å²) in [4.78, 5) is 30.2. The van der Waals surface area contributed by atoms with Crippen molar-refractivity contribution in [2.75, 3.05) is 19.4 Å². The van der Waals surface area contributed by atoms with Crippen LogP contribution in [-0.4, -0.2) is 35.5 Å². The lowest BCUT2D eigenvalue weighted by Gasteiger charge is -2.09. The number of nitrogen functional groups attached to an aromatic ring is 1. The van der Waals surface area contributed by atoms with Crippen molar-refractivity contribution >= 4 is 17.7 Å². The Kier molecular flexibility index (Phi) is 5.19. The SMILES string of the molecule is COC(=O)c1nc(CNCCC(N)=O)nc(N)c1C. The highest BCUT2D eigenvalue weighted by molar-refractivity contribution is 5.89. The van der Waals surface area contributed by atoms with Gasteiger partial charge in [-0.05, 0) is 6.92 Å². The van der Waals surface area contributed by atoms with Crippen LogP contribution in [0, 0.1) is 6.92 Å². The summed E-state index contributed by atoms with van der Waals surface area (Å²) in [6.07, 6.45) is 0.213. The van der Waals surface area contributed by atoms with E-state index in [1.165, 1.54) is 7.11 Å². The smallest absolute Gasteiger partial charge is 0.357 e. The molecule has 0 aromatic carbocycles. The second-order valence-corrected chi connectivity index (χ2v) is 3.88. The predicted molar refractivity (Wildman–Crippen MR) is 68.0 cm³/mol. The molecular formula is C11H17N5O3. The molecule has 0 fully saturated rings. The van der Waals surface area contributed by atoms with Gasteiger partial charge < -0.3 is 21.5 Å². The summed E-state index contributed by atoms with van der Waals surface area (Å²) in [5, 5.41) is 2.93. The Morgan fingerprint density at radius 2 is 2.05 bits per heavy atom. The van der Waals surface area contributed by atoms with Crippen LogP contribution in [0.5, 0.6) is 0 Å². The molecule has 0 aliphatic rings. The number of carbonyl (C=O) groups is 2. The predicted octanol–water partition coefficient (Wildman–Crippen LogP) is -0.881. The molecule has 8 nitrogen and oxygen atoms in total. The molecule has 0 radical (unpaired) electrons. The van der Waals surface area contributed by atoms with Gasteiger partial charge in [0.05, 0.1) is 13.7 Å². The van der Waals surface area contributed by atoms with Crippen molar-refractivity contribution in [3.63, 3.8) is 0 Å². The highest BCUT2D eigenvalue weighted by Crippen LogP contribution is 2.13. The minimum Gasteiger partial charge on any atom is -0.464 e. The zero-order valence-corrected chi connectivity index (χ0v) is 10.9. The van der Waals surface area contributed by atoms with Gasteiger partial charge >= 0.3 is 5.97 Å². The van der Waals surface area contributed by atoms with E-state index in [0.717, 1.165) is 0 Å². The number of carbonyl (C=O) groups excluding carboxylic acids is 2. The molecule has 1 heterocycles. The highest BCUT2D eigenvalue weighted by Gasteiger charge is 2.16. The van der Waals surface area contributed by atoms with Gasteiger partial charge in [-0.15, -0.1) is 0 Å². The molecular weight excluding hydrogens is 250 g/mol. The Hall–Kier alpha value is -2.22. The molecule has 1 amide bonds. The Bertz CT molecular complexity index is 489. The minimum atomic E-state index is -0.565. The lowest BCUT2D eigenvalue weighted by molar-refractivity contribution is -0.117. The summed E-state index contributed by atoms with van der Waals surface area (Å²) >= 11 is 0. The van der Waals surface area contributed by atoms with Crippen LogP contribution in [0.4, 0.5) is 5.82 Å². The molecule has 0 atom stereocenters. The molecule has 0 aliphatic carbocycles. The summed E-state index contributed by atoms with van der Waals surface area (Å²) in [5.41, 5.74) is 11.3. The average Bonchev–Trinajstić information content (AvgIpc) is 2.37. The molecule has 5 N–H and O–H groups in total. The number of methoxy groups -OCH3 is 1. The Balaban J connectivity index is 2.77. The number of primary amides is 1. The van der Waals surface area contributed by atoms with E-state index in [9.17, 15) is 9.59 Å². The molecule has 19 heavy (non-hydrogen) atoms. The molecule has 1 rings (SSSR count). The maximum Gasteiger partial charge on any atom is 0.357 e. The molecule has 0 bridgehead atoms. The van der Waals surface area contributed by atoms with Crippen LogP contribution in [0.15, 0.2) is 0 Å². The van der Waals surface area contributed by atoms with Crippen molar-refractivity contribution < 1.29 is 14.3 Å². The van der Waals surface area contributed by atoms with Gasteiger partial charge in [0.25, 0.3) is 0 Å². The third kappa shape index (κ3) is 4.18. The van der Waals surface area contributed by atoms with Crippen LogP contribution >= 0.6 is 0 Å². The maximum atomic E-state index is 11.5. The first kappa shape index (κ1) is 14.8. The summed E-state index contributed by atoms with van der Waals surface area (Å²) in [6, 6.07) is 0. The average molecular weight is 267 g/mol. The number of nitrogens with zero attached hydrogens (tertiary/aromatic N) is 2. The van der Waals surface area contributed by atoms with E-state index in [2.05, 4.69) is 20.0 Å². The quantitative estimate of drug-likeness (QED) is 0.450. The fraction of sp³-hybridized carbons (Fsp3) is 0.455. The first-order chi connectivity index (χ1) is 8.95. The van der Waals surface area contributed by atoms with Crippen LogP contribution in [0.25, 0.3) is 0 Å². The third-order valence-corrected chi connectivity index (χ3v) is 2.44. The van der Waals surface area contributed by atoms with Crippen LogP contribution in [0.3, 0.4) is 0 Å². The van der Waals surface area contributed by atoms with E-state index in [1.807, 2.05) is 0 Å². The lowest BCUT2D eigenvalue weighted by atomic mass is 10.2. The van der Waals surface area contributed by atoms with Crippen molar-refractivity contribution in [2.45, 2.75) is 19.9 Å². The summed E-state index contributed by atoms with van der Waals surface area (Å²) < 4.78 is 4.62. The van der Waals surface area contributed by atoms with Crippen molar-refractivity contribution in [1.82, 2.24) is 15.3 Å². The van der Waals surface area contributed by atoms with Crippen molar-refractivity contribution in [1.29, 1.82) is 0 Å². The Morgan fingerprint density at radius 1 is 1.37 bits per heavy atom. The van der Waals surface area contributed by atoms with Gasteiger partial charge in [0, 0.05) is 18.5 Å². The van der Waals surface area contributed by atoms with Gasteiger partial charge in [0.15, 0.2) is 5.69 Å². The van der Waals surface area contributed by atoms with E-state index in [1.54, 1.807) is 6.92 Å². The minimum absolute atomic E-state index is 0.140. The fourth-order valence-electron chi connectivity index (χ4n) is 1.37. The first-order valence-corrected chi connectivity index (χ1v) is 5.66. The largest absolute Gasteiger partial charge is 0.464 e. The maximum absolute atomic E-state index is 11.5. The monoisotopic (exact) mass is 267 g/mol. The van der Waals surface area contributed by atoms with Gasteiger partial charge in [-0.1, -0.05) is 0 Å². The van der Waals surface area contributed by atoms with Crippen molar-refractivity contribution in [3.05, 3.63) is 17.1 Å². The molecule has 1 aromatic heterocycles. The van der Waals surface area contributed by atoms with E-state index < -0.39 is 11.9 Å². The number of rotatable bonds is 6. The van der Waals surface area contributed by atoms with Crippen LogP contribution in [0.2, 0.25) is 0 Å². The summed E-state index contributed by atoms with van der Waals surface area (Å²) in [5.74, 6) is -0.382. The number of ether oxygens (including phenoxy) is 1. The third-order valence-electron chi connectivity index (χ3n) is 2.44. The van der Waals surface area contributed by atoms with Gasteiger partial charge in [-0.25, -0.2) is 14.8 Å². The summed E-state index contributed by atoms with van der Waals surface area (Å²) in [6.45, 7) is 2.33. The highest BCUT2D eigenvalue weighted by atomic mass is 16.5. The van der Waals surface area contributed by atoms with Crippen LogP contribution < -0.4 is 16.8 Å². The van der Waals surface area contributed by atoms with E-state index in [-0.39, 0.29) is 24.5 Å². The van der Waals surface area contributed by atoms with E-state index in [0.29, 0.717) is 17.9 Å². The number of nitrogens with one attached hydrogen (secondary N) is 1. The standard InChI is InChI=1S/C11H17N5O3/c1-6-9(11(18)19-2)15-8(16-10(6)13)5-14-4-3-7(12)17/h14H,3-5H2,1-2H3,(H2,12,17)(H2,13,15,16). The molecule has 104 valence electrons. The van der Waals surface area contributed by atoms with Gasteiger partial charge in [-0.2, -0.15) is 0 Å². The molecule has 0 aliphatic heterocycles. The number of nitrogens with two attached hydrogens (primary N) is 2. The normalized spacial score (nSPS) is 10.2. The zero-order chi connectivity index (χ0) is 14.4. The van der Waals surface area contributed by atoms with Crippen LogP contribution in [-0.2, 0) is 16.1 Å². The van der Waals surface area contributed by atoms with Gasteiger partial charge in [0.1, 0.15) is 11.6 Å². The molecule has 8 heteroatoms. The van der Waals surface area contributed by atoms with Gasteiger partial charge in [0.2, 0.25) is 5.91 Å². The molecule has 0 saturated carbocycles. The van der Waals surface area contributed by atoms with Crippen LogP contribution in [0.1, 0.15) is 28.3 Å². The fourth-order valence-corrected chi connectivity index (χ4v) is 1.37. The topological polar surface area (TPSA) is 133 Å². The number of aromatic nitrogens is 2. The number of hydrogen-bond donors (Lipinski definition) is 3. The van der Waals surface area contributed by atoms with E-state index in [4.69, 9.17) is 11.5 Å². The van der Waals surface area contributed by atoms with Gasteiger partial charge in [-0.3, -0.25) is 4.79 Å². The molecule has 1 aromatic rings. The van der Waals surface area contributed by atoms with Crippen molar-refractivity contribution in [2.24, 2.45) is 5.73 Å². The Labute approximate surface area is 110 Å². The van der Waals surface area contributed by atoms with Crippen molar-refractivity contribution in [3.8, 4) is 0 Å². The molecule has 0 spiro atoms. The molecule has 0 saturated heterocycles. The summed E-state index contributed by atoms with van der Waals surface area (Å²) in [7, 11) is 1.27.